The zero-order chi connectivity index (χ0) is 21.5. The largest absolute Gasteiger partial charge is 0.485 e. The van der Waals surface area contributed by atoms with Crippen molar-refractivity contribution in [3.05, 3.63) is 77.6 Å². The number of hydrogen-bond acceptors (Lipinski definition) is 5. The van der Waals surface area contributed by atoms with Crippen molar-refractivity contribution in [2.24, 2.45) is 0 Å². The number of aromatic nitrogens is 3. The average Bonchev–Trinajstić information content (AvgIpc) is 3.09. The van der Waals surface area contributed by atoms with Crippen molar-refractivity contribution in [1.82, 2.24) is 14.8 Å². The number of thioether (sulfide) groups is 1. The molecule has 156 valence electrons. The number of ether oxygens (including phenoxy) is 1. The van der Waals surface area contributed by atoms with E-state index < -0.39 is 0 Å². The fourth-order valence-electron chi connectivity index (χ4n) is 2.92. The molecule has 6 nitrogen and oxygen atoms in total. The Morgan fingerprint density at radius 3 is 2.77 bits per heavy atom. The van der Waals surface area contributed by atoms with Gasteiger partial charge >= 0.3 is 0 Å². The number of rotatable bonds is 9. The highest BCUT2D eigenvalue weighted by Gasteiger charge is 2.15. The lowest BCUT2D eigenvalue weighted by atomic mass is 10.1. The van der Waals surface area contributed by atoms with E-state index >= 15 is 0 Å². The first-order chi connectivity index (χ1) is 14.5. The summed E-state index contributed by atoms with van der Waals surface area (Å²) in [6.07, 6.45) is 1.78. The van der Waals surface area contributed by atoms with E-state index in [1.165, 1.54) is 17.3 Å². The summed E-state index contributed by atoms with van der Waals surface area (Å²) in [6, 6.07) is 13.7. The van der Waals surface area contributed by atoms with Crippen LogP contribution in [0.5, 0.6) is 5.75 Å². The Hall–Kier alpha value is -3.06. The van der Waals surface area contributed by atoms with Gasteiger partial charge in [-0.1, -0.05) is 42.1 Å². The van der Waals surface area contributed by atoms with Crippen molar-refractivity contribution in [1.29, 1.82) is 0 Å². The Bertz CT molecular complexity index is 1050. The number of amides is 1. The Kier molecular flexibility index (Phi) is 7.30. The molecule has 1 heterocycles. The molecular formula is C23H26N4O2S. The third-order valence-electron chi connectivity index (χ3n) is 4.65. The second-order valence-corrected chi connectivity index (χ2v) is 7.93. The van der Waals surface area contributed by atoms with Crippen LogP contribution in [0.15, 0.2) is 60.3 Å². The molecule has 0 aliphatic carbocycles. The SMILES string of the molecule is C=CCn1c(COc2cccc(C)c2C)nnc1SCC(=O)Nc1cccc(C)c1. The molecule has 0 saturated carbocycles. The minimum atomic E-state index is -0.0908. The molecule has 7 heteroatoms. The number of hydrogen-bond donors (Lipinski definition) is 1. The topological polar surface area (TPSA) is 69.0 Å². The van der Waals surface area contributed by atoms with Gasteiger partial charge < -0.3 is 10.1 Å². The fourth-order valence-corrected chi connectivity index (χ4v) is 3.68. The van der Waals surface area contributed by atoms with E-state index in [0.29, 0.717) is 24.1 Å². The van der Waals surface area contributed by atoms with Crippen molar-refractivity contribution in [3.63, 3.8) is 0 Å². The molecule has 3 aromatic rings. The molecule has 0 radical (unpaired) electrons. The van der Waals surface area contributed by atoms with Crippen LogP contribution in [0, 0.1) is 20.8 Å². The van der Waals surface area contributed by atoms with Crippen LogP contribution in [0.25, 0.3) is 0 Å². The van der Waals surface area contributed by atoms with Gasteiger partial charge in [-0.05, 0) is 55.7 Å². The Morgan fingerprint density at radius 2 is 2.00 bits per heavy atom. The average molecular weight is 423 g/mol. The number of carbonyl (C=O) groups is 1. The lowest BCUT2D eigenvalue weighted by molar-refractivity contribution is -0.113. The summed E-state index contributed by atoms with van der Waals surface area (Å²) in [5.41, 5.74) is 4.17. The zero-order valence-electron chi connectivity index (χ0n) is 17.5. The van der Waals surface area contributed by atoms with Crippen LogP contribution in [0.4, 0.5) is 5.69 Å². The van der Waals surface area contributed by atoms with Gasteiger partial charge in [0.25, 0.3) is 0 Å². The standard InChI is InChI=1S/C23H26N4O2S/c1-5-12-27-21(14-29-20-11-7-9-17(3)18(20)4)25-26-23(27)30-15-22(28)24-19-10-6-8-16(2)13-19/h5-11,13H,1,12,14-15H2,2-4H3,(H,24,28). The normalized spacial score (nSPS) is 10.6. The highest BCUT2D eigenvalue weighted by atomic mass is 32.2. The van der Waals surface area contributed by atoms with Gasteiger partial charge in [0.05, 0.1) is 5.75 Å². The van der Waals surface area contributed by atoms with Crippen LogP contribution < -0.4 is 10.1 Å². The Balaban J connectivity index is 1.64. The number of benzene rings is 2. The van der Waals surface area contributed by atoms with Gasteiger partial charge in [0, 0.05) is 12.2 Å². The van der Waals surface area contributed by atoms with Crippen molar-refractivity contribution >= 4 is 23.4 Å². The monoisotopic (exact) mass is 422 g/mol. The predicted molar refractivity (Wildman–Crippen MR) is 121 cm³/mol. The molecule has 1 amide bonds. The van der Waals surface area contributed by atoms with Gasteiger partial charge in [-0.15, -0.1) is 16.8 Å². The van der Waals surface area contributed by atoms with Crippen molar-refractivity contribution in [3.8, 4) is 5.75 Å². The smallest absolute Gasteiger partial charge is 0.234 e. The van der Waals surface area contributed by atoms with E-state index in [-0.39, 0.29) is 11.7 Å². The van der Waals surface area contributed by atoms with Crippen molar-refractivity contribution in [2.45, 2.75) is 39.1 Å². The number of nitrogens with one attached hydrogen (secondary N) is 1. The van der Waals surface area contributed by atoms with E-state index in [1.54, 1.807) is 6.08 Å². The lowest BCUT2D eigenvalue weighted by Gasteiger charge is -2.12. The summed E-state index contributed by atoms with van der Waals surface area (Å²) in [5, 5.41) is 12.1. The molecule has 0 spiro atoms. The molecular weight excluding hydrogens is 396 g/mol. The van der Waals surface area contributed by atoms with Gasteiger partial charge in [-0.3, -0.25) is 9.36 Å². The molecule has 0 saturated heterocycles. The van der Waals surface area contributed by atoms with E-state index in [2.05, 4.69) is 35.1 Å². The fraction of sp³-hybridized carbons (Fsp3) is 0.261. The maximum atomic E-state index is 12.3. The molecule has 2 aromatic carbocycles. The van der Waals surface area contributed by atoms with Crippen LogP contribution >= 0.6 is 11.8 Å². The van der Waals surface area contributed by atoms with Gasteiger partial charge in [0.1, 0.15) is 12.4 Å². The molecule has 0 atom stereocenters. The van der Waals surface area contributed by atoms with Crippen LogP contribution in [0.1, 0.15) is 22.5 Å². The van der Waals surface area contributed by atoms with Crippen LogP contribution in [-0.2, 0) is 17.9 Å². The van der Waals surface area contributed by atoms with E-state index in [4.69, 9.17) is 4.74 Å². The third-order valence-corrected chi connectivity index (χ3v) is 5.62. The Labute approximate surface area is 181 Å². The van der Waals surface area contributed by atoms with Crippen LogP contribution in [-0.4, -0.2) is 26.4 Å². The lowest BCUT2D eigenvalue weighted by Crippen LogP contribution is -2.15. The summed E-state index contributed by atoms with van der Waals surface area (Å²) in [7, 11) is 0. The summed E-state index contributed by atoms with van der Waals surface area (Å²) >= 11 is 1.34. The van der Waals surface area contributed by atoms with Gasteiger partial charge in [-0.25, -0.2) is 0 Å². The van der Waals surface area contributed by atoms with Gasteiger partial charge in [0.15, 0.2) is 11.0 Å². The van der Waals surface area contributed by atoms with Crippen LogP contribution in [0.3, 0.4) is 0 Å². The van der Waals surface area contributed by atoms with E-state index in [1.807, 2.05) is 54.8 Å². The summed E-state index contributed by atoms with van der Waals surface area (Å²) in [4.78, 5) is 12.3. The third kappa shape index (κ3) is 5.51. The van der Waals surface area contributed by atoms with E-state index in [9.17, 15) is 4.79 Å². The molecule has 0 aliphatic rings. The molecule has 3 rings (SSSR count). The maximum Gasteiger partial charge on any atom is 0.234 e. The number of allylic oxidation sites excluding steroid dienone is 1. The molecule has 0 aliphatic heterocycles. The highest BCUT2D eigenvalue weighted by Crippen LogP contribution is 2.23. The molecule has 1 aromatic heterocycles. The number of carbonyl (C=O) groups excluding carboxylic acids is 1. The summed E-state index contributed by atoms with van der Waals surface area (Å²) < 4.78 is 7.89. The second-order valence-electron chi connectivity index (χ2n) is 6.99. The first kappa shape index (κ1) is 21.6. The summed E-state index contributed by atoms with van der Waals surface area (Å²) in [5.74, 6) is 1.67. The molecule has 0 fully saturated rings. The number of nitrogens with zero attached hydrogens (tertiary/aromatic N) is 3. The number of anilines is 1. The Morgan fingerprint density at radius 1 is 1.20 bits per heavy atom. The molecule has 1 N–H and O–H groups in total. The zero-order valence-corrected chi connectivity index (χ0v) is 18.3. The quantitative estimate of drug-likeness (QED) is 0.400. The van der Waals surface area contributed by atoms with Gasteiger partial charge in [-0.2, -0.15) is 0 Å². The molecule has 30 heavy (non-hydrogen) atoms. The molecule has 0 bridgehead atoms. The van der Waals surface area contributed by atoms with Crippen LogP contribution in [0.2, 0.25) is 0 Å². The first-order valence-corrected chi connectivity index (χ1v) is 10.7. The van der Waals surface area contributed by atoms with Gasteiger partial charge in [0.2, 0.25) is 5.91 Å². The minimum absolute atomic E-state index is 0.0908. The predicted octanol–water partition coefficient (Wildman–Crippen LogP) is 4.70. The van der Waals surface area contributed by atoms with Crippen molar-refractivity contribution < 1.29 is 9.53 Å². The van der Waals surface area contributed by atoms with E-state index in [0.717, 1.165) is 22.6 Å². The second kappa shape index (κ2) is 10.1. The minimum Gasteiger partial charge on any atom is -0.485 e. The maximum absolute atomic E-state index is 12.3. The highest BCUT2D eigenvalue weighted by molar-refractivity contribution is 7.99. The number of aryl methyl sites for hydroxylation is 2. The first-order valence-electron chi connectivity index (χ1n) is 9.69. The molecule has 0 unspecified atom stereocenters. The summed E-state index contributed by atoms with van der Waals surface area (Å²) in [6.45, 7) is 10.7. The van der Waals surface area contributed by atoms with Crippen molar-refractivity contribution in [2.75, 3.05) is 11.1 Å².